The van der Waals surface area contributed by atoms with Crippen LogP contribution in [0.15, 0.2) is 29.3 Å². The molecule has 3 saturated heterocycles. The summed E-state index contributed by atoms with van der Waals surface area (Å²) >= 11 is 0. The summed E-state index contributed by atoms with van der Waals surface area (Å²) in [6.07, 6.45) is 5.28. The Morgan fingerprint density at radius 3 is 2.59 bits per heavy atom. The Kier molecular flexibility index (Phi) is 10.5. The van der Waals surface area contributed by atoms with E-state index in [4.69, 9.17) is 14.5 Å². The second-order valence-corrected chi connectivity index (χ2v) is 9.36. The number of halogens is 1. The first-order valence-electron chi connectivity index (χ1n) is 12.3. The fourth-order valence-corrected chi connectivity index (χ4v) is 4.89. The zero-order valence-electron chi connectivity index (χ0n) is 19.8. The molecule has 2 atom stereocenters. The quantitative estimate of drug-likeness (QED) is 0.328. The van der Waals surface area contributed by atoms with E-state index < -0.39 is 0 Å². The van der Waals surface area contributed by atoms with Gasteiger partial charge in [0.25, 0.3) is 0 Å². The molecule has 32 heavy (non-hydrogen) atoms. The molecule has 1 N–H and O–H groups in total. The summed E-state index contributed by atoms with van der Waals surface area (Å²) in [5.41, 5.74) is 2.68. The van der Waals surface area contributed by atoms with Crippen LogP contribution in [-0.4, -0.2) is 73.9 Å². The SMILES string of the molecule is CCNC(=NCc1cccc(CN2CCC(C)CC2)c1)N1CCOC(C2CCCO2)C1.I. The van der Waals surface area contributed by atoms with Crippen LogP contribution < -0.4 is 5.32 Å². The third-order valence-electron chi connectivity index (χ3n) is 6.79. The number of nitrogens with one attached hydrogen (secondary N) is 1. The van der Waals surface area contributed by atoms with E-state index in [-0.39, 0.29) is 36.2 Å². The van der Waals surface area contributed by atoms with Crippen LogP contribution in [0.25, 0.3) is 0 Å². The largest absolute Gasteiger partial charge is 0.375 e. The van der Waals surface area contributed by atoms with Crippen molar-refractivity contribution in [3.63, 3.8) is 0 Å². The number of nitrogens with zero attached hydrogens (tertiary/aromatic N) is 3. The van der Waals surface area contributed by atoms with Gasteiger partial charge in [-0.15, -0.1) is 24.0 Å². The van der Waals surface area contributed by atoms with E-state index in [0.29, 0.717) is 6.54 Å². The number of hydrogen-bond acceptors (Lipinski definition) is 4. The van der Waals surface area contributed by atoms with Gasteiger partial charge in [0.1, 0.15) is 6.10 Å². The van der Waals surface area contributed by atoms with Crippen molar-refractivity contribution in [3.05, 3.63) is 35.4 Å². The molecule has 3 heterocycles. The van der Waals surface area contributed by atoms with E-state index in [2.05, 4.69) is 53.2 Å². The second-order valence-electron chi connectivity index (χ2n) is 9.36. The molecule has 1 aromatic rings. The first kappa shape index (κ1) is 25.7. The van der Waals surface area contributed by atoms with Gasteiger partial charge in [0.15, 0.2) is 5.96 Å². The van der Waals surface area contributed by atoms with Crippen molar-refractivity contribution >= 4 is 29.9 Å². The zero-order chi connectivity index (χ0) is 21.5. The summed E-state index contributed by atoms with van der Waals surface area (Å²) in [5, 5.41) is 3.49. The van der Waals surface area contributed by atoms with Crippen molar-refractivity contribution in [2.24, 2.45) is 10.9 Å². The molecule has 0 radical (unpaired) electrons. The lowest BCUT2D eigenvalue weighted by Crippen LogP contribution is -2.53. The maximum atomic E-state index is 6.02. The first-order valence-corrected chi connectivity index (χ1v) is 12.3. The van der Waals surface area contributed by atoms with Crippen molar-refractivity contribution in [2.75, 3.05) is 45.9 Å². The third kappa shape index (κ3) is 7.30. The number of hydrogen-bond donors (Lipinski definition) is 1. The van der Waals surface area contributed by atoms with E-state index in [1.54, 1.807) is 0 Å². The first-order chi connectivity index (χ1) is 15.2. The minimum absolute atomic E-state index is 0. The van der Waals surface area contributed by atoms with Gasteiger partial charge >= 0.3 is 0 Å². The number of aliphatic imine (C=N–C) groups is 1. The number of benzene rings is 1. The van der Waals surface area contributed by atoms with E-state index in [1.165, 1.54) is 37.1 Å². The van der Waals surface area contributed by atoms with E-state index in [1.807, 2.05) is 0 Å². The lowest BCUT2D eigenvalue weighted by Gasteiger charge is -2.37. The Bertz CT molecular complexity index is 718. The molecule has 3 fully saturated rings. The van der Waals surface area contributed by atoms with Gasteiger partial charge in [0.2, 0.25) is 0 Å². The maximum Gasteiger partial charge on any atom is 0.194 e. The Balaban J connectivity index is 0.00000289. The average Bonchev–Trinajstić information content (AvgIpc) is 3.34. The van der Waals surface area contributed by atoms with Crippen LogP contribution >= 0.6 is 24.0 Å². The molecular formula is C25H41IN4O2. The van der Waals surface area contributed by atoms with Crippen LogP contribution in [-0.2, 0) is 22.6 Å². The molecule has 6 nitrogen and oxygen atoms in total. The van der Waals surface area contributed by atoms with Crippen LogP contribution in [0.5, 0.6) is 0 Å². The summed E-state index contributed by atoms with van der Waals surface area (Å²) in [6.45, 7) is 12.9. The fraction of sp³-hybridized carbons (Fsp3) is 0.720. The van der Waals surface area contributed by atoms with Crippen LogP contribution in [0.4, 0.5) is 0 Å². The molecule has 3 aliphatic heterocycles. The van der Waals surface area contributed by atoms with Gasteiger partial charge < -0.3 is 19.7 Å². The Morgan fingerprint density at radius 2 is 1.84 bits per heavy atom. The number of morpholine rings is 1. The lowest BCUT2D eigenvalue weighted by atomic mass is 9.98. The van der Waals surface area contributed by atoms with Gasteiger partial charge in [-0.25, -0.2) is 4.99 Å². The maximum absolute atomic E-state index is 6.02. The number of piperidine rings is 1. The molecule has 2 unspecified atom stereocenters. The van der Waals surface area contributed by atoms with Crippen LogP contribution in [0.2, 0.25) is 0 Å². The summed E-state index contributed by atoms with van der Waals surface area (Å²) in [4.78, 5) is 9.92. The Hall–Kier alpha value is -0.900. The molecule has 3 aliphatic rings. The zero-order valence-corrected chi connectivity index (χ0v) is 22.1. The average molecular weight is 557 g/mol. The summed E-state index contributed by atoms with van der Waals surface area (Å²) < 4.78 is 11.9. The van der Waals surface area contributed by atoms with Crippen molar-refractivity contribution in [1.29, 1.82) is 0 Å². The van der Waals surface area contributed by atoms with Crippen LogP contribution in [0.1, 0.15) is 50.7 Å². The minimum atomic E-state index is 0. The van der Waals surface area contributed by atoms with Crippen molar-refractivity contribution in [3.8, 4) is 0 Å². The highest BCUT2D eigenvalue weighted by molar-refractivity contribution is 14.0. The van der Waals surface area contributed by atoms with Crippen molar-refractivity contribution in [1.82, 2.24) is 15.1 Å². The molecular weight excluding hydrogens is 515 g/mol. The smallest absolute Gasteiger partial charge is 0.194 e. The molecule has 0 amide bonds. The highest BCUT2D eigenvalue weighted by atomic mass is 127. The van der Waals surface area contributed by atoms with Gasteiger partial charge in [-0.05, 0) is 62.7 Å². The van der Waals surface area contributed by atoms with E-state index >= 15 is 0 Å². The monoisotopic (exact) mass is 556 g/mol. The molecule has 0 aromatic heterocycles. The number of ether oxygens (including phenoxy) is 2. The molecule has 1 aromatic carbocycles. The van der Waals surface area contributed by atoms with Gasteiger partial charge in [-0.2, -0.15) is 0 Å². The van der Waals surface area contributed by atoms with Gasteiger partial charge in [-0.1, -0.05) is 31.2 Å². The molecule has 0 bridgehead atoms. The number of rotatable bonds is 6. The highest BCUT2D eigenvalue weighted by Gasteiger charge is 2.32. The Morgan fingerprint density at radius 1 is 1.06 bits per heavy atom. The minimum Gasteiger partial charge on any atom is -0.375 e. The normalized spacial score (nSPS) is 25.6. The topological polar surface area (TPSA) is 49.3 Å². The lowest BCUT2D eigenvalue weighted by molar-refractivity contribution is -0.0817. The second kappa shape index (κ2) is 13.1. The molecule has 0 spiro atoms. The molecule has 7 heteroatoms. The van der Waals surface area contributed by atoms with Crippen LogP contribution in [0, 0.1) is 5.92 Å². The standard InChI is InChI=1S/C25H40N4O2.HI/c1-3-26-25(29-13-15-31-24(19-29)23-8-5-14-30-23)27-17-21-6-4-7-22(16-21)18-28-11-9-20(2)10-12-28;/h4,6-7,16,20,23-24H,3,5,8-15,17-19H2,1-2H3,(H,26,27);1H. The van der Waals surface area contributed by atoms with Crippen LogP contribution in [0.3, 0.4) is 0 Å². The summed E-state index contributed by atoms with van der Waals surface area (Å²) in [7, 11) is 0. The number of guanidine groups is 1. The van der Waals surface area contributed by atoms with Crippen molar-refractivity contribution in [2.45, 2.75) is 64.8 Å². The molecule has 0 aliphatic carbocycles. The van der Waals surface area contributed by atoms with Gasteiger partial charge in [-0.3, -0.25) is 4.90 Å². The molecule has 4 rings (SSSR count). The van der Waals surface area contributed by atoms with Gasteiger partial charge in [0.05, 0.1) is 19.3 Å². The molecule has 180 valence electrons. The fourth-order valence-electron chi connectivity index (χ4n) is 4.89. The predicted molar refractivity (Wildman–Crippen MR) is 141 cm³/mol. The van der Waals surface area contributed by atoms with Gasteiger partial charge in [0, 0.05) is 32.8 Å². The van der Waals surface area contributed by atoms with E-state index in [9.17, 15) is 0 Å². The predicted octanol–water partition coefficient (Wildman–Crippen LogP) is 3.88. The molecule has 0 saturated carbocycles. The summed E-state index contributed by atoms with van der Waals surface area (Å²) in [5.74, 6) is 1.87. The summed E-state index contributed by atoms with van der Waals surface area (Å²) in [6, 6.07) is 8.97. The van der Waals surface area contributed by atoms with E-state index in [0.717, 1.165) is 64.1 Å². The Labute approximate surface area is 211 Å². The van der Waals surface area contributed by atoms with Crippen molar-refractivity contribution < 1.29 is 9.47 Å². The highest BCUT2D eigenvalue weighted by Crippen LogP contribution is 2.21. The third-order valence-corrected chi connectivity index (χ3v) is 6.79. The number of likely N-dealkylation sites (tertiary alicyclic amines) is 1.